The first-order valence-corrected chi connectivity index (χ1v) is 7.41. The van der Waals surface area contributed by atoms with E-state index in [-0.39, 0.29) is 22.7 Å². The molecule has 0 atom stereocenters. The summed E-state index contributed by atoms with van der Waals surface area (Å²) in [6.07, 6.45) is 0. The van der Waals surface area contributed by atoms with Gasteiger partial charge in [0.1, 0.15) is 11.5 Å². The fourth-order valence-corrected chi connectivity index (χ4v) is 1.82. The van der Waals surface area contributed by atoms with Gasteiger partial charge in [0.15, 0.2) is 0 Å². The summed E-state index contributed by atoms with van der Waals surface area (Å²) in [6, 6.07) is 8.65. The highest BCUT2D eigenvalue weighted by Gasteiger charge is 2.18. The molecule has 124 valence electrons. The third-order valence-corrected chi connectivity index (χ3v) is 3.04. The highest BCUT2D eigenvalue weighted by atomic mass is 19.1. The van der Waals surface area contributed by atoms with Gasteiger partial charge in [0.2, 0.25) is 5.82 Å². The molecule has 1 aromatic heterocycles. The third-order valence-electron chi connectivity index (χ3n) is 3.04. The van der Waals surface area contributed by atoms with Crippen LogP contribution in [0.3, 0.4) is 0 Å². The molecular formula is C18H18FN3O2. The molecule has 2 aromatic rings. The predicted octanol–water partition coefficient (Wildman–Crippen LogP) is 3.99. The van der Waals surface area contributed by atoms with Crippen molar-refractivity contribution in [1.82, 2.24) is 4.98 Å². The van der Waals surface area contributed by atoms with Crippen LogP contribution in [-0.4, -0.2) is 16.5 Å². The fraction of sp³-hybridized carbons (Fsp3) is 0.278. The minimum atomic E-state index is -0.477. The number of benzene rings is 1. The van der Waals surface area contributed by atoms with Gasteiger partial charge < -0.3 is 5.32 Å². The van der Waals surface area contributed by atoms with Gasteiger partial charge in [0.05, 0.1) is 4.92 Å². The Bertz CT molecular complexity index is 800. The summed E-state index contributed by atoms with van der Waals surface area (Å²) < 4.78 is 12.9. The Balaban J connectivity index is 2.29. The first kappa shape index (κ1) is 17.4. The first-order valence-electron chi connectivity index (χ1n) is 7.41. The normalized spacial score (nSPS) is 10.7. The molecule has 1 heterocycles. The number of nitro groups is 1. The van der Waals surface area contributed by atoms with Crippen LogP contribution in [0.2, 0.25) is 0 Å². The lowest BCUT2D eigenvalue weighted by Crippen LogP contribution is -2.20. The predicted molar refractivity (Wildman–Crippen MR) is 91.2 cm³/mol. The zero-order valence-electron chi connectivity index (χ0n) is 13.8. The third kappa shape index (κ3) is 5.06. The molecule has 0 aliphatic rings. The lowest BCUT2D eigenvalue weighted by Gasteiger charge is -2.19. The van der Waals surface area contributed by atoms with Crippen LogP contribution in [0.25, 0.3) is 0 Å². The summed E-state index contributed by atoms with van der Waals surface area (Å²) in [5.41, 5.74) is 0.902. The van der Waals surface area contributed by atoms with E-state index >= 15 is 0 Å². The molecule has 0 fully saturated rings. The van der Waals surface area contributed by atoms with Gasteiger partial charge in [-0.05, 0) is 41.7 Å². The van der Waals surface area contributed by atoms with Gasteiger partial charge in [-0.1, -0.05) is 26.7 Å². The monoisotopic (exact) mass is 327 g/mol. The summed E-state index contributed by atoms with van der Waals surface area (Å²) in [5.74, 6) is 5.56. The molecular weight excluding hydrogens is 309 g/mol. The Hall–Kier alpha value is -2.94. The Kier molecular flexibility index (Phi) is 5.14. The largest absolute Gasteiger partial charge is 0.364 e. The average molecular weight is 327 g/mol. The minimum Gasteiger partial charge on any atom is -0.364 e. The van der Waals surface area contributed by atoms with Crippen LogP contribution < -0.4 is 5.32 Å². The van der Waals surface area contributed by atoms with Gasteiger partial charge >= 0.3 is 5.69 Å². The molecule has 0 spiro atoms. The van der Waals surface area contributed by atoms with Crippen LogP contribution in [0, 0.1) is 33.2 Å². The number of nitrogens with one attached hydrogen (secondary N) is 1. The number of anilines is 1. The van der Waals surface area contributed by atoms with Gasteiger partial charge in [-0.3, -0.25) is 10.1 Å². The molecule has 0 amide bonds. The Morgan fingerprint density at radius 1 is 1.17 bits per heavy atom. The molecule has 0 aliphatic heterocycles. The molecule has 0 unspecified atom stereocenters. The zero-order valence-corrected chi connectivity index (χ0v) is 13.8. The number of hydrogen-bond acceptors (Lipinski definition) is 4. The van der Waals surface area contributed by atoms with Crippen molar-refractivity contribution in [3.8, 4) is 11.8 Å². The number of nitrogens with zero attached hydrogens (tertiary/aromatic N) is 2. The highest BCUT2D eigenvalue weighted by Crippen LogP contribution is 2.24. The summed E-state index contributed by atoms with van der Waals surface area (Å²) >= 11 is 0. The van der Waals surface area contributed by atoms with Crippen LogP contribution in [0.1, 0.15) is 32.0 Å². The standard InChI is InChI=1S/C18H18FN3O2/c1-18(2,3)12-20-17-16(22(23)24)11-10-15(21-17)9-6-13-4-7-14(19)8-5-13/h4-5,7-8,10-11H,12H2,1-3H3,(H,20,21). The van der Waals surface area contributed by atoms with E-state index in [1.807, 2.05) is 20.8 Å². The minimum absolute atomic E-state index is 0.0503. The van der Waals surface area contributed by atoms with E-state index < -0.39 is 4.92 Å². The number of aromatic nitrogens is 1. The van der Waals surface area contributed by atoms with Crippen molar-refractivity contribution < 1.29 is 9.31 Å². The Morgan fingerprint density at radius 2 is 1.83 bits per heavy atom. The van der Waals surface area contributed by atoms with E-state index in [9.17, 15) is 14.5 Å². The van der Waals surface area contributed by atoms with Crippen LogP contribution in [-0.2, 0) is 0 Å². The Labute approximate surface area is 140 Å². The van der Waals surface area contributed by atoms with E-state index in [1.54, 1.807) is 12.1 Å². The number of pyridine rings is 1. The van der Waals surface area contributed by atoms with Crippen LogP contribution >= 0.6 is 0 Å². The van der Waals surface area contributed by atoms with E-state index in [1.165, 1.54) is 24.3 Å². The molecule has 5 nitrogen and oxygen atoms in total. The molecule has 0 saturated heterocycles. The number of hydrogen-bond donors (Lipinski definition) is 1. The first-order chi connectivity index (χ1) is 11.2. The van der Waals surface area contributed by atoms with Gasteiger partial charge in [-0.15, -0.1) is 0 Å². The van der Waals surface area contributed by atoms with Crippen molar-refractivity contribution in [1.29, 1.82) is 0 Å². The Morgan fingerprint density at radius 3 is 2.42 bits per heavy atom. The lowest BCUT2D eigenvalue weighted by atomic mass is 9.97. The maximum Gasteiger partial charge on any atom is 0.311 e. The van der Waals surface area contributed by atoms with Crippen LogP contribution in [0.5, 0.6) is 0 Å². The smallest absolute Gasteiger partial charge is 0.311 e. The molecule has 2 rings (SSSR count). The maximum atomic E-state index is 12.9. The molecule has 6 heteroatoms. The van der Waals surface area contributed by atoms with E-state index in [4.69, 9.17) is 0 Å². The van der Waals surface area contributed by atoms with Crippen molar-refractivity contribution in [3.63, 3.8) is 0 Å². The molecule has 24 heavy (non-hydrogen) atoms. The molecule has 1 N–H and O–H groups in total. The topological polar surface area (TPSA) is 68.1 Å². The SMILES string of the molecule is CC(C)(C)CNc1nc(C#Cc2ccc(F)cc2)ccc1[N+](=O)[O-]. The summed E-state index contributed by atoms with van der Waals surface area (Å²) in [6.45, 7) is 6.59. The number of rotatable bonds is 3. The van der Waals surface area contributed by atoms with Crippen molar-refractivity contribution in [2.24, 2.45) is 5.41 Å². The van der Waals surface area contributed by atoms with Gasteiger partial charge in [0, 0.05) is 18.2 Å². The van der Waals surface area contributed by atoms with E-state index in [0.29, 0.717) is 17.8 Å². The van der Waals surface area contributed by atoms with Crippen molar-refractivity contribution in [2.75, 3.05) is 11.9 Å². The fourth-order valence-electron chi connectivity index (χ4n) is 1.82. The van der Waals surface area contributed by atoms with Crippen molar-refractivity contribution in [2.45, 2.75) is 20.8 Å². The number of halogens is 1. The summed E-state index contributed by atoms with van der Waals surface area (Å²) in [4.78, 5) is 14.9. The second-order valence-electron chi connectivity index (χ2n) is 6.49. The summed E-state index contributed by atoms with van der Waals surface area (Å²) in [7, 11) is 0. The van der Waals surface area contributed by atoms with Gasteiger partial charge in [0.25, 0.3) is 0 Å². The second-order valence-corrected chi connectivity index (χ2v) is 6.49. The highest BCUT2D eigenvalue weighted by molar-refractivity contribution is 5.58. The molecule has 1 aromatic carbocycles. The molecule has 0 radical (unpaired) electrons. The van der Waals surface area contributed by atoms with Gasteiger partial charge in [-0.25, -0.2) is 9.37 Å². The quantitative estimate of drug-likeness (QED) is 0.526. The maximum absolute atomic E-state index is 12.9. The zero-order chi connectivity index (χ0) is 17.7. The van der Waals surface area contributed by atoms with E-state index in [0.717, 1.165) is 0 Å². The van der Waals surface area contributed by atoms with Crippen molar-refractivity contribution in [3.05, 3.63) is 63.6 Å². The average Bonchev–Trinajstić information content (AvgIpc) is 2.51. The molecule has 0 bridgehead atoms. The van der Waals surface area contributed by atoms with Gasteiger partial charge in [-0.2, -0.15) is 0 Å². The molecule has 0 aliphatic carbocycles. The van der Waals surface area contributed by atoms with Crippen LogP contribution in [0.4, 0.5) is 15.9 Å². The van der Waals surface area contributed by atoms with Crippen LogP contribution in [0.15, 0.2) is 36.4 Å². The van der Waals surface area contributed by atoms with Crippen molar-refractivity contribution >= 4 is 11.5 Å². The lowest BCUT2D eigenvalue weighted by molar-refractivity contribution is -0.384. The summed E-state index contributed by atoms with van der Waals surface area (Å²) in [5, 5.41) is 14.1. The van der Waals surface area contributed by atoms with E-state index in [2.05, 4.69) is 22.1 Å². The molecule has 0 saturated carbocycles. The second kappa shape index (κ2) is 7.09.